The highest BCUT2D eigenvalue weighted by Crippen LogP contribution is 2.27. The number of Topliss-reactive ketones (excluding diaryl/α,β-unsaturated/α-hetero) is 4. The summed E-state index contributed by atoms with van der Waals surface area (Å²) < 4.78 is 27.4. The lowest BCUT2D eigenvalue weighted by Crippen LogP contribution is -2.37. The fourth-order valence-corrected chi connectivity index (χ4v) is 7.62. The van der Waals surface area contributed by atoms with Gasteiger partial charge in [-0.2, -0.15) is 0 Å². The molecule has 0 radical (unpaired) electrons. The van der Waals surface area contributed by atoms with Gasteiger partial charge in [0, 0.05) is 68.2 Å². The van der Waals surface area contributed by atoms with Crippen molar-refractivity contribution in [3.8, 4) is 11.3 Å². The monoisotopic (exact) mass is 1080 g/mol. The van der Waals surface area contributed by atoms with Gasteiger partial charge in [0.1, 0.15) is 23.9 Å². The molecule has 6 rings (SSSR count). The molecule has 1 unspecified atom stereocenters. The first-order chi connectivity index (χ1) is 35.2. The summed E-state index contributed by atoms with van der Waals surface area (Å²) in [5, 5.41) is 0.400. The molecule has 0 amide bonds. The number of hydrogen-bond acceptors (Lipinski definition) is 15. The third-order valence-corrected chi connectivity index (χ3v) is 11.6. The van der Waals surface area contributed by atoms with Crippen LogP contribution in [0.15, 0.2) is 97.1 Å². The van der Waals surface area contributed by atoms with Crippen molar-refractivity contribution in [1.82, 2.24) is 14.4 Å². The quantitative estimate of drug-likeness (QED) is 0.0278. The summed E-state index contributed by atoms with van der Waals surface area (Å²) in [7, 11) is 0. The van der Waals surface area contributed by atoms with Crippen LogP contribution in [0.2, 0.25) is 0 Å². The van der Waals surface area contributed by atoms with Crippen LogP contribution in [-0.2, 0) is 49.4 Å². The van der Waals surface area contributed by atoms with Gasteiger partial charge in [-0.05, 0) is 79.1 Å². The normalized spacial score (nSPS) is 13.5. The Morgan fingerprint density at radius 2 is 1.12 bits per heavy atom. The number of ketones is 4. The molecule has 1 atom stereocenters. The minimum atomic E-state index is -1.00. The molecular weight excluding hydrogens is 1000 g/mol. The topological polar surface area (TPSA) is 203 Å². The third kappa shape index (κ3) is 25.7. The molecule has 0 bridgehead atoms. The van der Waals surface area contributed by atoms with E-state index >= 15 is 0 Å². The molecule has 3 heterocycles. The van der Waals surface area contributed by atoms with Gasteiger partial charge in [0.2, 0.25) is 0 Å². The van der Waals surface area contributed by atoms with Gasteiger partial charge in [-0.15, -0.1) is 0 Å². The van der Waals surface area contributed by atoms with Gasteiger partial charge in [-0.25, -0.2) is 4.79 Å². The van der Waals surface area contributed by atoms with E-state index in [2.05, 4.69) is 47.2 Å². The fraction of sp³-hybridized carbons (Fsp3) is 0.482. The summed E-state index contributed by atoms with van der Waals surface area (Å²) in [6, 6.07) is 30.0. The highest BCUT2D eigenvalue weighted by Gasteiger charge is 2.28. The van der Waals surface area contributed by atoms with Crippen molar-refractivity contribution >= 4 is 57.0 Å². The molecule has 400 valence electrons. The molecule has 0 aliphatic carbocycles. The fourth-order valence-electron chi connectivity index (χ4n) is 7.29. The van der Waals surface area contributed by atoms with Crippen LogP contribution >= 0.6 is 15.9 Å². The highest BCUT2D eigenvalue weighted by atomic mass is 79.9. The van der Waals surface area contributed by atoms with Crippen molar-refractivity contribution in [3.63, 3.8) is 0 Å². The SMILES string of the molecule is CCOC(=O)C(CC(=O)c1ccccc1)C(C)=O.CCOC(=O)CC(C)=O.CCOC(=O)c1cc(-c2ccccc2)n(CCCN2CCOCC2)c1C.NCCCN1CCOCC1.O=C(CBr)c1ccccc1. The van der Waals surface area contributed by atoms with Crippen molar-refractivity contribution in [2.45, 2.75) is 73.8 Å². The van der Waals surface area contributed by atoms with E-state index in [0.29, 0.717) is 29.7 Å². The zero-order valence-corrected chi connectivity index (χ0v) is 45.2. The Bertz CT molecular complexity index is 2230. The van der Waals surface area contributed by atoms with Crippen LogP contribution in [0.5, 0.6) is 0 Å². The number of benzene rings is 3. The Hall–Kier alpha value is -5.69. The summed E-state index contributed by atoms with van der Waals surface area (Å²) in [5.41, 5.74) is 10.5. The Kier molecular flexibility index (Phi) is 33.0. The van der Waals surface area contributed by atoms with Crippen molar-refractivity contribution < 1.29 is 57.2 Å². The summed E-state index contributed by atoms with van der Waals surface area (Å²) in [6.07, 6.45) is 1.91. The largest absolute Gasteiger partial charge is 0.466 e. The van der Waals surface area contributed by atoms with Gasteiger partial charge in [0.25, 0.3) is 0 Å². The van der Waals surface area contributed by atoms with E-state index in [4.69, 9.17) is 24.7 Å². The van der Waals surface area contributed by atoms with E-state index in [1.807, 2.05) is 68.4 Å². The van der Waals surface area contributed by atoms with Crippen molar-refractivity contribution in [1.29, 1.82) is 0 Å². The summed E-state index contributed by atoms with van der Waals surface area (Å²) >= 11 is 3.10. The van der Waals surface area contributed by atoms with Crippen LogP contribution in [0.25, 0.3) is 11.3 Å². The predicted molar refractivity (Wildman–Crippen MR) is 286 cm³/mol. The Morgan fingerprint density at radius 1 is 0.644 bits per heavy atom. The second-order valence-electron chi connectivity index (χ2n) is 16.7. The molecule has 2 fully saturated rings. The van der Waals surface area contributed by atoms with Crippen LogP contribution in [0.1, 0.15) is 97.1 Å². The molecule has 0 spiro atoms. The van der Waals surface area contributed by atoms with Gasteiger partial charge in [0.05, 0.1) is 57.1 Å². The molecule has 2 saturated heterocycles. The maximum absolute atomic E-state index is 12.3. The lowest BCUT2D eigenvalue weighted by molar-refractivity contribution is -0.151. The van der Waals surface area contributed by atoms with Crippen LogP contribution in [0.4, 0.5) is 0 Å². The molecule has 17 heteroatoms. The molecule has 2 N–H and O–H groups in total. The molecule has 1 aromatic heterocycles. The lowest BCUT2D eigenvalue weighted by Gasteiger charge is -2.26. The number of esters is 3. The molecule has 73 heavy (non-hydrogen) atoms. The minimum absolute atomic E-state index is 0.103. The number of nitrogens with two attached hydrogens (primary N) is 1. The van der Waals surface area contributed by atoms with E-state index in [-0.39, 0.29) is 48.6 Å². The number of aromatic nitrogens is 1. The lowest BCUT2D eigenvalue weighted by atomic mass is 9.95. The van der Waals surface area contributed by atoms with E-state index in [1.54, 1.807) is 44.2 Å². The average molecular weight is 1080 g/mol. The van der Waals surface area contributed by atoms with Gasteiger partial charge in [0.15, 0.2) is 11.6 Å². The van der Waals surface area contributed by atoms with Crippen LogP contribution < -0.4 is 5.73 Å². The minimum Gasteiger partial charge on any atom is -0.466 e. The molecule has 0 saturated carbocycles. The van der Waals surface area contributed by atoms with Gasteiger partial charge >= 0.3 is 17.9 Å². The van der Waals surface area contributed by atoms with Gasteiger partial charge in [-0.3, -0.25) is 38.6 Å². The predicted octanol–water partition coefficient (Wildman–Crippen LogP) is 7.85. The first-order valence-electron chi connectivity index (χ1n) is 25.0. The van der Waals surface area contributed by atoms with E-state index in [9.17, 15) is 33.6 Å². The number of morpholine rings is 2. The Morgan fingerprint density at radius 3 is 1.58 bits per heavy atom. The number of halogens is 1. The number of nitrogens with zero attached hydrogens (tertiary/aromatic N) is 3. The summed E-state index contributed by atoms with van der Waals surface area (Å²) in [4.78, 5) is 83.6. The Balaban J connectivity index is 0.000000337. The van der Waals surface area contributed by atoms with E-state index < -0.39 is 17.9 Å². The van der Waals surface area contributed by atoms with Gasteiger partial charge in [-0.1, -0.05) is 107 Å². The number of alkyl halides is 1. The number of hydrogen-bond donors (Lipinski definition) is 1. The van der Waals surface area contributed by atoms with Crippen LogP contribution in [-0.4, -0.2) is 153 Å². The number of carbonyl (C=O) groups excluding carboxylic acids is 7. The van der Waals surface area contributed by atoms with Crippen molar-refractivity contribution in [2.24, 2.45) is 11.7 Å². The van der Waals surface area contributed by atoms with Crippen molar-refractivity contribution in [2.75, 3.05) is 97.4 Å². The molecule has 2 aliphatic heterocycles. The number of ether oxygens (including phenoxy) is 5. The summed E-state index contributed by atoms with van der Waals surface area (Å²) in [6.45, 7) is 22.3. The highest BCUT2D eigenvalue weighted by molar-refractivity contribution is 9.09. The molecule has 16 nitrogen and oxygen atoms in total. The maximum Gasteiger partial charge on any atom is 0.339 e. The van der Waals surface area contributed by atoms with Gasteiger partial charge < -0.3 is 34.0 Å². The molecular formula is C56H77BrN4O12. The maximum atomic E-state index is 12.3. The molecule has 3 aromatic carbocycles. The third-order valence-electron chi connectivity index (χ3n) is 11.1. The standard InChI is InChI=1S/C21H28N2O3.C14H16O4.C8H7BrO.C7H16N2O.C6H10O3/c1-3-26-21(24)19-16-20(18-8-5-4-6-9-18)23(17(19)2)11-7-10-22-12-14-25-15-13-22;1-3-18-14(17)12(10(2)15)9-13(16)11-7-5-4-6-8-11;9-6-8(10)7-4-2-1-3-5-7;8-2-1-3-9-4-6-10-7-5-9;1-3-9-6(8)4-5(2)7/h4-6,8-9,16H,3,7,10-15H2,1-2H3;4-8,12H,3,9H2,1-2H3;1-5H,6H2;1-8H2;3-4H2,1-2H3. The zero-order valence-electron chi connectivity index (χ0n) is 43.7. The zero-order chi connectivity index (χ0) is 53.8. The van der Waals surface area contributed by atoms with Crippen LogP contribution in [0.3, 0.4) is 0 Å². The smallest absolute Gasteiger partial charge is 0.339 e. The van der Waals surface area contributed by atoms with Crippen LogP contribution in [0, 0.1) is 12.8 Å². The second-order valence-corrected chi connectivity index (χ2v) is 17.2. The second kappa shape index (κ2) is 38.0. The van der Waals surface area contributed by atoms with Crippen molar-refractivity contribution in [3.05, 3.63) is 119 Å². The first kappa shape index (κ1) is 63.4. The number of carbonyl (C=O) groups is 7. The first-order valence-corrected chi connectivity index (χ1v) is 26.1. The van der Waals surface area contributed by atoms with E-state index in [1.165, 1.54) is 13.8 Å². The number of rotatable bonds is 21. The van der Waals surface area contributed by atoms with E-state index in [0.717, 1.165) is 114 Å². The molecule has 4 aromatic rings. The molecule has 2 aliphatic rings. The summed E-state index contributed by atoms with van der Waals surface area (Å²) in [5.74, 6) is -2.93. The average Bonchev–Trinajstić information content (AvgIpc) is 3.74. The Labute approximate surface area is 440 Å².